The van der Waals surface area contributed by atoms with Gasteiger partial charge in [0.25, 0.3) is 0 Å². The number of aliphatic hydroxyl groups is 1. The molecule has 0 fully saturated rings. The Balaban J connectivity index is 2.65. The van der Waals surface area contributed by atoms with Crippen LogP contribution in [0.4, 0.5) is 5.95 Å². The second-order valence-corrected chi connectivity index (χ2v) is 3.69. The molecule has 0 unspecified atom stereocenters. The van der Waals surface area contributed by atoms with E-state index in [1.165, 1.54) is 4.90 Å². The molecule has 0 atom stereocenters. The third kappa shape index (κ3) is 3.16. The van der Waals surface area contributed by atoms with Crippen LogP contribution in [-0.2, 0) is 11.4 Å². The Morgan fingerprint density at radius 2 is 1.88 bits per heavy atom. The molecular formula is C10H16N4O2. The first-order valence-corrected chi connectivity index (χ1v) is 4.87. The molecule has 0 aromatic carbocycles. The van der Waals surface area contributed by atoms with E-state index >= 15 is 0 Å². The summed E-state index contributed by atoms with van der Waals surface area (Å²) in [5.41, 5.74) is 0.649. The molecule has 1 aromatic heterocycles. The van der Waals surface area contributed by atoms with Crippen LogP contribution in [0.3, 0.4) is 0 Å². The van der Waals surface area contributed by atoms with Crippen LogP contribution >= 0.6 is 0 Å². The summed E-state index contributed by atoms with van der Waals surface area (Å²) >= 11 is 0. The molecule has 0 spiro atoms. The number of anilines is 1. The van der Waals surface area contributed by atoms with Gasteiger partial charge >= 0.3 is 0 Å². The van der Waals surface area contributed by atoms with Crippen LogP contribution in [0.5, 0.6) is 0 Å². The number of rotatable bonds is 4. The normalized spacial score (nSPS) is 10.0. The summed E-state index contributed by atoms with van der Waals surface area (Å²) in [6.45, 7) is 0.145. The first-order chi connectivity index (χ1) is 7.54. The number of hydrogen-bond acceptors (Lipinski definition) is 5. The number of aromatic nitrogens is 2. The van der Waals surface area contributed by atoms with E-state index in [1.807, 2.05) is 0 Å². The molecule has 1 N–H and O–H groups in total. The lowest BCUT2D eigenvalue weighted by atomic mass is 10.4. The highest BCUT2D eigenvalue weighted by atomic mass is 16.3. The summed E-state index contributed by atoms with van der Waals surface area (Å²) in [5, 5.41) is 8.83. The van der Waals surface area contributed by atoms with Gasteiger partial charge in [-0.25, -0.2) is 9.97 Å². The molecule has 1 aromatic rings. The number of likely N-dealkylation sites (N-methyl/N-ethyl adjacent to an activating group) is 2. The van der Waals surface area contributed by atoms with Gasteiger partial charge in [-0.1, -0.05) is 0 Å². The number of hydrogen-bond donors (Lipinski definition) is 1. The van der Waals surface area contributed by atoms with Crippen LogP contribution < -0.4 is 4.90 Å². The predicted octanol–water partition coefficient (Wildman–Crippen LogP) is -0.507. The van der Waals surface area contributed by atoms with Crippen LogP contribution in [0, 0.1) is 0 Å². The maximum absolute atomic E-state index is 11.4. The summed E-state index contributed by atoms with van der Waals surface area (Å²) in [7, 11) is 5.15. The van der Waals surface area contributed by atoms with Crippen LogP contribution in [0.25, 0.3) is 0 Å². The lowest BCUT2D eigenvalue weighted by Crippen LogP contribution is -2.35. The number of carbonyl (C=O) groups excluding carboxylic acids is 1. The number of carbonyl (C=O) groups is 1. The van der Waals surface area contributed by atoms with E-state index in [2.05, 4.69) is 9.97 Å². The first kappa shape index (κ1) is 12.4. The summed E-state index contributed by atoms with van der Waals surface area (Å²) in [5.74, 6) is 0.449. The van der Waals surface area contributed by atoms with Crippen molar-refractivity contribution in [2.45, 2.75) is 6.61 Å². The Bertz CT molecular complexity index is 350. The van der Waals surface area contributed by atoms with E-state index in [4.69, 9.17) is 5.11 Å². The molecule has 1 heterocycles. The molecule has 1 rings (SSSR count). The van der Waals surface area contributed by atoms with E-state index in [1.54, 1.807) is 38.4 Å². The molecule has 0 aliphatic heterocycles. The highest BCUT2D eigenvalue weighted by molar-refractivity contribution is 5.80. The van der Waals surface area contributed by atoms with Gasteiger partial charge in [-0.2, -0.15) is 0 Å². The third-order valence-corrected chi connectivity index (χ3v) is 2.09. The minimum atomic E-state index is -0.0827. The molecule has 6 nitrogen and oxygen atoms in total. The maximum Gasteiger partial charge on any atom is 0.241 e. The molecule has 0 aliphatic rings. The van der Waals surface area contributed by atoms with Gasteiger partial charge in [-0.05, 0) is 0 Å². The zero-order valence-electron chi connectivity index (χ0n) is 9.71. The molecule has 16 heavy (non-hydrogen) atoms. The van der Waals surface area contributed by atoms with Crippen molar-refractivity contribution < 1.29 is 9.90 Å². The van der Waals surface area contributed by atoms with Gasteiger partial charge in [0.15, 0.2) is 0 Å². The fourth-order valence-electron chi connectivity index (χ4n) is 1.04. The SMILES string of the molecule is CN(C)C(=O)CN(C)c1ncc(CO)cn1. The average molecular weight is 224 g/mol. The van der Waals surface area contributed by atoms with E-state index in [0.29, 0.717) is 11.5 Å². The third-order valence-electron chi connectivity index (χ3n) is 2.09. The zero-order valence-corrected chi connectivity index (χ0v) is 9.71. The van der Waals surface area contributed by atoms with Crippen molar-refractivity contribution in [3.63, 3.8) is 0 Å². The van der Waals surface area contributed by atoms with Crippen molar-refractivity contribution in [1.82, 2.24) is 14.9 Å². The minimum absolute atomic E-state index is 0.0164. The van der Waals surface area contributed by atoms with Gasteiger partial charge in [0.2, 0.25) is 11.9 Å². The summed E-state index contributed by atoms with van der Waals surface area (Å²) < 4.78 is 0. The van der Waals surface area contributed by atoms with Gasteiger partial charge < -0.3 is 14.9 Å². The zero-order chi connectivity index (χ0) is 12.1. The second kappa shape index (κ2) is 5.41. The Morgan fingerprint density at radius 1 is 1.31 bits per heavy atom. The fourth-order valence-corrected chi connectivity index (χ4v) is 1.04. The van der Waals surface area contributed by atoms with Gasteiger partial charge in [-0.3, -0.25) is 4.79 Å². The van der Waals surface area contributed by atoms with E-state index in [-0.39, 0.29) is 19.1 Å². The van der Waals surface area contributed by atoms with Crippen molar-refractivity contribution >= 4 is 11.9 Å². The molecule has 0 saturated heterocycles. The highest BCUT2D eigenvalue weighted by Crippen LogP contribution is 2.04. The Morgan fingerprint density at radius 3 is 2.31 bits per heavy atom. The van der Waals surface area contributed by atoms with Crippen molar-refractivity contribution in [3.8, 4) is 0 Å². The van der Waals surface area contributed by atoms with Crippen molar-refractivity contribution in [2.24, 2.45) is 0 Å². The number of amides is 1. The summed E-state index contributed by atoms with van der Waals surface area (Å²) in [4.78, 5) is 22.7. The highest BCUT2D eigenvalue weighted by Gasteiger charge is 2.10. The van der Waals surface area contributed by atoms with Crippen molar-refractivity contribution in [1.29, 1.82) is 0 Å². The quantitative estimate of drug-likeness (QED) is 0.746. The van der Waals surface area contributed by atoms with Crippen LogP contribution in [-0.4, -0.2) is 53.6 Å². The maximum atomic E-state index is 11.4. The molecule has 6 heteroatoms. The number of aliphatic hydroxyl groups excluding tert-OH is 1. The lowest BCUT2D eigenvalue weighted by Gasteiger charge is -2.18. The van der Waals surface area contributed by atoms with Crippen molar-refractivity contribution in [2.75, 3.05) is 32.6 Å². The largest absolute Gasteiger partial charge is 0.392 e. The van der Waals surface area contributed by atoms with E-state index < -0.39 is 0 Å². The van der Waals surface area contributed by atoms with Gasteiger partial charge in [0.05, 0.1) is 13.2 Å². The molecule has 0 saturated carbocycles. The first-order valence-electron chi connectivity index (χ1n) is 4.87. The van der Waals surface area contributed by atoms with Gasteiger partial charge in [0, 0.05) is 39.1 Å². The van der Waals surface area contributed by atoms with Gasteiger partial charge in [0.1, 0.15) is 0 Å². The fraction of sp³-hybridized carbons (Fsp3) is 0.500. The number of nitrogens with zero attached hydrogens (tertiary/aromatic N) is 4. The summed E-state index contributed by atoms with van der Waals surface area (Å²) in [6.07, 6.45) is 3.08. The van der Waals surface area contributed by atoms with E-state index in [0.717, 1.165) is 0 Å². The average Bonchev–Trinajstić information content (AvgIpc) is 2.28. The summed E-state index contributed by atoms with van der Waals surface area (Å²) in [6, 6.07) is 0. The van der Waals surface area contributed by atoms with Crippen LogP contribution in [0.2, 0.25) is 0 Å². The smallest absolute Gasteiger partial charge is 0.241 e. The molecule has 0 radical (unpaired) electrons. The van der Waals surface area contributed by atoms with Crippen LogP contribution in [0.1, 0.15) is 5.56 Å². The lowest BCUT2D eigenvalue weighted by molar-refractivity contribution is -0.127. The second-order valence-electron chi connectivity index (χ2n) is 3.69. The monoisotopic (exact) mass is 224 g/mol. The molecule has 88 valence electrons. The standard InChI is InChI=1S/C10H16N4O2/c1-13(2)9(16)6-14(3)10-11-4-8(7-15)5-12-10/h4-5,15H,6-7H2,1-3H3. The molecule has 0 aliphatic carbocycles. The Kier molecular flexibility index (Phi) is 4.19. The molecule has 1 amide bonds. The Hall–Kier alpha value is -1.69. The minimum Gasteiger partial charge on any atom is -0.392 e. The Labute approximate surface area is 94.5 Å². The molecule has 0 bridgehead atoms. The molecular weight excluding hydrogens is 208 g/mol. The van der Waals surface area contributed by atoms with Gasteiger partial charge in [-0.15, -0.1) is 0 Å². The van der Waals surface area contributed by atoms with E-state index in [9.17, 15) is 4.79 Å². The predicted molar refractivity (Wildman–Crippen MR) is 59.9 cm³/mol. The van der Waals surface area contributed by atoms with Crippen molar-refractivity contribution in [3.05, 3.63) is 18.0 Å². The van der Waals surface area contributed by atoms with Crippen LogP contribution in [0.15, 0.2) is 12.4 Å². The topological polar surface area (TPSA) is 69.6 Å².